The molecule has 2 nitrogen and oxygen atoms in total. The third-order valence-electron chi connectivity index (χ3n) is 1.98. The topological polar surface area (TPSA) is 18.5 Å². The van der Waals surface area contributed by atoms with E-state index in [2.05, 4.69) is 38.1 Å². The number of hydrogen-bond donors (Lipinski definition) is 0. The molecule has 0 unspecified atom stereocenters. The van der Waals surface area contributed by atoms with E-state index in [-0.39, 0.29) is 0 Å². The molecule has 0 fully saturated rings. The molecule has 86 valence electrons. The van der Waals surface area contributed by atoms with E-state index in [1.807, 2.05) is 12.1 Å². The summed E-state index contributed by atoms with van der Waals surface area (Å²) in [5, 5.41) is 1.12. The number of halogens is 1. The van der Waals surface area contributed by atoms with E-state index in [0.29, 0.717) is 0 Å². The van der Waals surface area contributed by atoms with E-state index in [4.69, 9.17) is 9.47 Å². The summed E-state index contributed by atoms with van der Waals surface area (Å²) in [6.07, 6.45) is 0. The molecule has 0 heterocycles. The van der Waals surface area contributed by atoms with Crippen LogP contribution in [-0.2, 0) is 5.32 Å². The molecule has 0 radical (unpaired) electrons. The molecule has 4 heteroatoms. The average molecular weight is 387 g/mol. The standard InChI is InChI=1S/C11H17IO2Se/c1-13-10-7-5-6-9(11(10)14-2)8-15(3,4)12/h5-7H,8H2,1-4H3. The molecule has 1 rings (SSSR count). The van der Waals surface area contributed by atoms with Gasteiger partial charge in [0, 0.05) is 0 Å². The quantitative estimate of drug-likeness (QED) is 0.583. The third kappa shape index (κ3) is 3.85. The van der Waals surface area contributed by atoms with Crippen LogP contribution in [0.2, 0.25) is 11.6 Å². The Morgan fingerprint density at radius 3 is 2.33 bits per heavy atom. The van der Waals surface area contributed by atoms with Crippen molar-refractivity contribution in [1.29, 1.82) is 0 Å². The van der Waals surface area contributed by atoms with E-state index >= 15 is 0 Å². The monoisotopic (exact) mass is 388 g/mol. The Bertz CT molecular complexity index is 334. The van der Waals surface area contributed by atoms with Crippen LogP contribution in [0.1, 0.15) is 5.56 Å². The van der Waals surface area contributed by atoms with Crippen molar-refractivity contribution in [1.82, 2.24) is 0 Å². The van der Waals surface area contributed by atoms with Crippen LogP contribution in [0.25, 0.3) is 0 Å². The Kier molecular flexibility index (Phi) is 4.74. The van der Waals surface area contributed by atoms with Crippen molar-refractivity contribution in [2.45, 2.75) is 17.0 Å². The summed E-state index contributed by atoms with van der Waals surface area (Å²) < 4.78 is 10.7. The molecule has 0 atom stereocenters. The average Bonchev–Trinajstić information content (AvgIpc) is 2.15. The molecule has 1 aromatic rings. The summed E-state index contributed by atoms with van der Waals surface area (Å²) in [7, 11) is 2.06. The molecule has 0 aliphatic carbocycles. The first-order valence-corrected chi connectivity index (χ1v) is 14.4. The van der Waals surface area contributed by atoms with Crippen LogP contribution in [-0.4, -0.2) is 23.8 Å². The zero-order valence-corrected chi connectivity index (χ0v) is 13.4. The molecule has 15 heavy (non-hydrogen) atoms. The van der Waals surface area contributed by atoms with Crippen molar-refractivity contribution >= 4 is 29.9 Å². The summed E-state index contributed by atoms with van der Waals surface area (Å²) in [4.78, 5) is 0. The Morgan fingerprint density at radius 1 is 1.20 bits per heavy atom. The van der Waals surface area contributed by atoms with E-state index in [0.717, 1.165) is 16.8 Å². The van der Waals surface area contributed by atoms with E-state index in [9.17, 15) is 0 Å². The third-order valence-corrected chi connectivity index (χ3v) is 5.69. The van der Waals surface area contributed by atoms with Crippen LogP contribution in [0.3, 0.4) is 0 Å². The second-order valence-corrected chi connectivity index (χ2v) is 22.6. The van der Waals surface area contributed by atoms with Gasteiger partial charge >= 0.3 is 106 Å². The van der Waals surface area contributed by atoms with Gasteiger partial charge in [0.1, 0.15) is 0 Å². The first-order chi connectivity index (χ1) is 6.98. The fraction of sp³-hybridized carbons (Fsp3) is 0.455. The van der Waals surface area contributed by atoms with Gasteiger partial charge in [-0.3, -0.25) is 0 Å². The fourth-order valence-corrected chi connectivity index (χ4v) is 5.21. The Morgan fingerprint density at radius 2 is 1.87 bits per heavy atom. The molecule has 0 bridgehead atoms. The number of rotatable bonds is 4. The van der Waals surface area contributed by atoms with Crippen molar-refractivity contribution in [3.63, 3.8) is 0 Å². The van der Waals surface area contributed by atoms with Crippen molar-refractivity contribution in [3.8, 4) is 11.5 Å². The molecule has 0 saturated carbocycles. The second-order valence-electron chi connectivity index (χ2n) is 3.70. The summed E-state index contributed by atoms with van der Waals surface area (Å²) in [6, 6.07) is 6.08. The van der Waals surface area contributed by atoms with Crippen LogP contribution in [0, 0.1) is 0 Å². The number of ether oxygens (including phenoxy) is 2. The van der Waals surface area contributed by atoms with E-state index < -0.39 is 9.60 Å². The summed E-state index contributed by atoms with van der Waals surface area (Å²) >= 11 is 2.60. The van der Waals surface area contributed by atoms with Gasteiger partial charge in [0.25, 0.3) is 0 Å². The Hall–Kier alpha value is 0.0695. The predicted octanol–water partition coefficient (Wildman–Crippen LogP) is 3.43. The number of methoxy groups -OCH3 is 2. The summed E-state index contributed by atoms with van der Waals surface area (Å²) in [6.45, 7) is 0. The fourth-order valence-electron chi connectivity index (χ4n) is 1.44. The van der Waals surface area contributed by atoms with Gasteiger partial charge < -0.3 is 0 Å². The normalized spacial score (nSPS) is 12.3. The molecule has 1 aromatic carbocycles. The molecular formula is C11H17IO2Se. The van der Waals surface area contributed by atoms with Gasteiger partial charge in [0.15, 0.2) is 0 Å². The number of para-hydroxylation sites is 1. The van der Waals surface area contributed by atoms with Gasteiger partial charge in [0.2, 0.25) is 0 Å². The van der Waals surface area contributed by atoms with Gasteiger partial charge in [-0.05, 0) is 0 Å². The molecule has 0 amide bonds. The van der Waals surface area contributed by atoms with Crippen LogP contribution < -0.4 is 9.47 Å². The molecule has 0 saturated heterocycles. The van der Waals surface area contributed by atoms with Crippen LogP contribution in [0.5, 0.6) is 11.5 Å². The molecule has 0 spiro atoms. The minimum absolute atomic E-state index is 0.827. The first-order valence-electron chi connectivity index (χ1n) is 4.58. The van der Waals surface area contributed by atoms with Crippen LogP contribution in [0.15, 0.2) is 18.2 Å². The molecule has 0 N–H and O–H groups in total. The molecule has 0 aliphatic heterocycles. The zero-order valence-electron chi connectivity index (χ0n) is 9.54. The minimum atomic E-state index is -1.32. The van der Waals surface area contributed by atoms with Gasteiger partial charge in [-0.1, -0.05) is 0 Å². The van der Waals surface area contributed by atoms with E-state index in [1.54, 1.807) is 14.2 Å². The maximum absolute atomic E-state index is 5.41. The van der Waals surface area contributed by atoms with Crippen LogP contribution >= 0.6 is 20.3 Å². The van der Waals surface area contributed by atoms with Gasteiger partial charge in [-0.2, -0.15) is 0 Å². The molecular weight excluding hydrogens is 370 g/mol. The summed E-state index contributed by atoms with van der Waals surface area (Å²) in [5.41, 5.74) is 1.26. The predicted molar refractivity (Wildman–Crippen MR) is 74.8 cm³/mol. The molecule has 0 aromatic heterocycles. The van der Waals surface area contributed by atoms with Gasteiger partial charge in [-0.15, -0.1) is 0 Å². The van der Waals surface area contributed by atoms with Crippen molar-refractivity contribution < 1.29 is 9.47 Å². The van der Waals surface area contributed by atoms with Crippen molar-refractivity contribution in [2.75, 3.05) is 14.2 Å². The zero-order chi connectivity index (χ0) is 11.5. The Labute approximate surface area is 105 Å². The van der Waals surface area contributed by atoms with Gasteiger partial charge in [0.05, 0.1) is 0 Å². The van der Waals surface area contributed by atoms with Crippen LogP contribution in [0.4, 0.5) is 0 Å². The Balaban J connectivity index is 3.06. The van der Waals surface area contributed by atoms with Crippen molar-refractivity contribution in [2.24, 2.45) is 0 Å². The maximum atomic E-state index is 5.41. The first kappa shape index (κ1) is 13.1. The van der Waals surface area contributed by atoms with E-state index in [1.165, 1.54) is 5.56 Å². The second kappa shape index (κ2) is 5.41. The SMILES string of the molecule is COc1cccc(C[Se](C)(C)I)c1OC. The number of benzene rings is 1. The van der Waals surface area contributed by atoms with Gasteiger partial charge in [-0.25, -0.2) is 0 Å². The number of hydrogen-bond acceptors (Lipinski definition) is 2. The van der Waals surface area contributed by atoms with Crippen molar-refractivity contribution in [3.05, 3.63) is 23.8 Å². The summed E-state index contributed by atoms with van der Waals surface area (Å²) in [5.74, 6) is 6.43. The molecule has 0 aliphatic rings.